The zero-order valence-corrected chi connectivity index (χ0v) is 6.99. The van der Waals surface area contributed by atoms with E-state index in [9.17, 15) is 15.3 Å². The molecular formula is C7H14O6. The SMILES string of the molecule is [2H]C([2H])(O)[C@H]1O[C@@H](OC)[C@H](O)[C@@H](O)[C@@H]1O. The van der Waals surface area contributed by atoms with E-state index in [1.54, 1.807) is 0 Å². The van der Waals surface area contributed by atoms with Gasteiger partial charge in [0.15, 0.2) is 6.29 Å². The highest BCUT2D eigenvalue weighted by atomic mass is 16.7. The molecule has 6 nitrogen and oxygen atoms in total. The standard InChI is InChI=1S/C7H14O6/c1-12-7-6(11)5(10)4(9)3(2-8)13-7/h3-11H,2H2,1H3/t3-,4-,5+,6-,7-/m1/s1/i2D2. The van der Waals surface area contributed by atoms with Crippen molar-refractivity contribution in [1.82, 2.24) is 0 Å². The molecule has 6 heteroatoms. The van der Waals surface area contributed by atoms with Gasteiger partial charge in [-0.2, -0.15) is 0 Å². The Bertz CT molecular complexity index is 218. The summed E-state index contributed by atoms with van der Waals surface area (Å²) in [6.07, 6.45) is -7.85. The average Bonchev–Trinajstić information content (AvgIpc) is 2.13. The lowest BCUT2D eigenvalue weighted by atomic mass is 9.99. The molecule has 78 valence electrons. The molecule has 1 rings (SSSR count). The van der Waals surface area contributed by atoms with Crippen molar-refractivity contribution in [1.29, 1.82) is 0 Å². The van der Waals surface area contributed by atoms with Gasteiger partial charge in [0, 0.05) is 7.11 Å². The number of hydrogen-bond acceptors (Lipinski definition) is 6. The Morgan fingerprint density at radius 2 is 1.92 bits per heavy atom. The van der Waals surface area contributed by atoms with Gasteiger partial charge >= 0.3 is 0 Å². The molecule has 0 spiro atoms. The Balaban J connectivity index is 2.83. The Labute approximate surface area is 78.1 Å². The van der Waals surface area contributed by atoms with Gasteiger partial charge in [0.2, 0.25) is 0 Å². The maximum absolute atomic E-state index is 9.37. The van der Waals surface area contributed by atoms with Crippen molar-refractivity contribution in [2.45, 2.75) is 30.7 Å². The van der Waals surface area contributed by atoms with Gasteiger partial charge in [0.25, 0.3) is 0 Å². The van der Waals surface area contributed by atoms with E-state index in [1.807, 2.05) is 0 Å². The van der Waals surface area contributed by atoms with Crippen LogP contribution < -0.4 is 0 Å². The van der Waals surface area contributed by atoms with Crippen LogP contribution in [0.1, 0.15) is 2.74 Å². The highest BCUT2D eigenvalue weighted by Crippen LogP contribution is 2.20. The zero-order valence-electron chi connectivity index (χ0n) is 8.99. The molecule has 0 aromatic heterocycles. The zero-order chi connectivity index (χ0) is 11.8. The largest absolute Gasteiger partial charge is 0.394 e. The van der Waals surface area contributed by atoms with E-state index in [0.29, 0.717) is 0 Å². The lowest BCUT2D eigenvalue weighted by Gasteiger charge is -2.38. The predicted molar refractivity (Wildman–Crippen MR) is 40.8 cm³/mol. The molecule has 4 N–H and O–H groups in total. The van der Waals surface area contributed by atoms with E-state index in [1.165, 1.54) is 7.11 Å². The molecule has 13 heavy (non-hydrogen) atoms. The molecule has 1 aliphatic heterocycles. The Kier molecular flexibility index (Phi) is 2.69. The second-order valence-corrected chi connectivity index (χ2v) is 2.76. The van der Waals surface area contributed by atoms with Crippen molar-refractivity contribution in [3.63, 3.8) is 0 Å². The first kappa shape index (κ1) is 8.10. The first-order chi connectivity index (χ1) is 6.79. The quantitative estimate of drug-likeness (QED) is 0.387. The minimum absolute atomic E-state index is 1.18. The van der Waals surface area contributed by atoms with Crippen LogP contribution in [-0.2, 0) is 9.47 Å². The van der Waals surface area contributed by atoms with Gasteiger partial charge in [-0.1, -0.05) is 0 Å². The van der Waals surface area contributed by atoms with Crippen LogP contribution >= 0.6 is 0 Å². The van der Waals surface area contributed by atoms with E-state index < -0.39 is 37.3 Å². The summed E-state index contributed by atoms with van der Waals surface area (Å²) in [7, 11) is 1.18. The predicted octanol–water partition coefficient (Wildman–Crippen LogP) is -2.57. The summed E-state index contributed by atoms with van der Waals surface area (Å²) < 4.78 is 23.3. The fourth-order valence-electron chi connectivity index (χ4n) is 1.15. The Morgan fingerprint density at radius 1 is 1.31 bits per heavy atom. The minimum atomic E-state index is -2.84. The lowest BCUT2D eigenvalue weighted by Crippen LogP contribution is -2.58. The van der Waals surface area contributed by atoms with Crippen LogP contribution in [0.4, 0.5) is 0 Å². The third-order valence-electron chi connectivity index (χ3n) is 1.93. The molecule has 1 heterocycles. The molecular weight excluding hydrogens is 180 g/mol. The van der Waals surface area contributed by atoms with Crippen LogP contribution in [0, 0.1) is 0 Å². The van der Waals surface area contributed by atoms with Crippen molar-refractivity contribution in [3.8, 4) is 0 Å². The van der Waals surface area contributed by atoms with E-state index in [2.05, 4.69) is 4.74 Å². The van der Waals surface area contributed by atoms with Crippen LogP contribution in [0.3, 0.4) is 0 Å². The van der Waals surface area contributed by atoms with Gasteiger partial charge in [-0.3, -0.25) is 0 Å². The van der Waals surface area contributed by atoms with Crippen molar-refractivity contribution < 1.29 is 32.6 Å². The summed E-state index contributed by atoms with van der Waals surface area (Å²) in [4.78, 5) is 0. The monoisotopic (exact) mass is 196 g/mol. The molecule has 5 atom stereocenters. The summed E-state index contributed by atoms with van der Waals surface area (Å²) >= 11 is 0. The fourth-order valence-corrected chi connectivity index (χ4v) is 1.15. The number of aliphatic hydroxyl groups excluding tert-OH is 3. The molecule has 0 bridgehead atoms. The van der Waals surface area contributed by atoms with Gasteiger partial charge < -0.3 is 29.9 Å². The van der Waals surface area contributed by atoms with Gasteiger partial charge in [0.05, 0.1) is 9.30 Å². The molecule has 0 saturated carbocycles. The van der Waals surface area contributed by atoms with E-state index >= 15 is 0 Å². The maximum atomic E-state index is 9.37. The van der Waals surface area contributed by atoms with Crippen LogP contribution in [0.2, 0.25) is 0 Å². The number of ether oxygens (including phenoxy) is 2. The number of aliphatic hydroxyl groups is 4. The van der Waals surface area contributed by atoms with Crippen molar-refractivity contribution >= 4 is 0 Å². The minimum Gasteiger partial charge on any atom is -0.394 e. The van der Waals surface area contributed by atoms with Crippen LogP contribution in [0.15, 0.2) is 0 Å². The van der Waals surface area contributed by atoms with Crippen LogP contribution in [0.25, 0.3) is 0 Å². The molecule has 0 amide bonds. The van der Waals surface area contributed by atoms with Crippen molar-refractivity contribution in [2.75, 3.05) is 13.7 Å². The van der Waals surface area contributed by atoms with Gasteiger partial charge in [-0.15, -0.1) is 0 Å². The first-order valence-corrected chi connectivity index (χ1v) is 3.74. The number of hydrogen-bond donors (Lipinski definition) is 4. The summed E-state index contributed by atoms with van der Waals surface area (Å²) in [6.45, 7) is -2.84. The second-order valence-electron chi connectivity index (χ2n) is 2.76. The molecule has 0 aliphatic carbocycles. The van der Waals surface area contributed by atoms with Gasteiger partial charge in [-0.25, -0.2) is 0 Å². The van der Waals surface area contributed by atoms with Crippen molar-refractivity contribution in [3.05, 3.63) is 0 Å². The van der Waals surface area contributed by atoms with Crippen LogP contribution in [0.5, 0.6) is 0 Å². The number of rotatable bonds is 2. The molecule has 0 aromatic rings. The normalized spacial score (nSPS) is 49.8. The number of methoxy groups -OCH3 is 1. The van der Waals surface area contributed by atoms with E-state index in [-0.39, 0.29) is 0 Å². The molecule has 0 unspecified atom stereocenters. The van der Waals surface area contributed by atoms with E-state index in [4.69, 9.17) is 12.6 Å². The summed E-state index contributed by atoms with van der Waals surface area (Å²) in [5.41, 5.74) is 0. The maximum Gasteiger partial charge on any atom is 0.186 e. The topological polar surface area (TPSA) is 99.4 Å². The highest BCUT2D eigenvalue weighted by molar-refractivity contribution is 4.88. The fraction of sp³-hybridized carbons (Fsp3) is 1.00. The van der Waals surface area contributed by atoms with Crippen molar-refractivity contribution in [2.24, 2.45) is 0 Å². The van der Waals surface area contributed by atoms with Gasteiger partial charge in [0.1, 0.15) is 24.4 Å². The smallest absolute Gasteiger partial charge is 0.186 e. The summed E-state index contributed by atoms with van der Waals surface area (Å²) in [6, 6.07) is 0. The third-order valence-corrected chi connectivity index (χ3v) is 1.93. The molecule has 1 aliphatic rings. The van der Waals surface area contributed by atoms with E-state index in [0.717, 1.165) is 0 Å². The highest BCUT2D eigenvalue weighted by Gasteiger charge is 2.43. The molecule has 1 fully saturated rings. The molecule has 0 radical (unpaired) electrons. The third kappa shape index (κ3) is 1.98. The molecule has 0 aromatic carbocycles. The summed E-state index contributed by atoms with van der Waals surface area (Å²) in [5.74, 6) is 0. The Hall–Kier alpha value is -0.240. The lowest BCUT2D eigenvalue weighted by molar-refractivity contribution is -0.294. The summed E-state index contributed by atoms with van der Waals surface area (Å²) in [5, 5.41) is 37.1. The molecule has 1 saturated heterocycles. The first-order valence-electron chi connectivity index (χ1n) is 4.74. The van der Waals surface area contributed by atoms with Crippen LogP contribution in [-0.4, -0.2) is 64.8 Å². The average molecular weight is 196 g/mol. The second kappa shape index (κ2) is 4.32. The Morgan fingerprint density at radius 3 is 2.38 bits per heavy atom. The van der Waals surface area contributed by atoms with Gasteiger partial charge in [-0.05, 0) is 0 Å².